The topological polar surface area (TPSA) is 36.4 Å². The molecule has 0 atom stereocenters. The molecule has 0 unspecified atom stereocenters. The molecule has 0 aromatic carbocycles. The molecule has 0 radical (unpaired) electrons. The van der Waals surface area contributed by atoms with Gasteiger partial charge >= 0.3 is 0 Å². The fraction of sp³-hybridized carbons (Fsp3) is 0.688. The molecule has 2 aliphatic rings. The van der Waals surface area contributed by atoms with E-state index in [1.807, 2.05) is 25.3 Å². The highest BCUT2D eigenvalue weighted by Crippen LogP contribution is 2.38. The van der Waals surface area contributed by atoms with E-state index in [9.17, 15) is 5.11 Å². The average Bonchev–Trinajstić information content (AvgIpc) is 2.94. The zero-order chi connectivity index (χ0) is 13.3. The van der Waals surface area contributed by atoms with Crippen molar-refractivity contribution in [2.24, 2.45) is 0 Å². The van der Waals surface area contributed by atoms with Crippen LogP contribution in [0, 0.1) is 6.92 Å². The summed E-state index contributed by atoms with van der Waals surface area (Å²) in [6, 6.07) is 4.73. The van der Waals surface area contributed by atoms with Crippen molar-refractivity contribution in [3.05, 3.63) is 29.6 Å². The minimum Gasteiger partial charge on any atom is -0.384 e. The maximum Gasteiger partial charge on any atom is 0.107 e. The monoisotopic (exact) mass is 260 g/mol. The fourth-order valence-electron chi connectivity index (χ4n) is 3.55. The quantitative estimate of drug-likeness (QED) is 0.888. The summed E-state index contributed by atoms with van der Waals surface area (Å²) in [7, 11) is 0. The molecule has 2 heterocycles. The van der Waals surface area contributed by atoms with Gasteiger partial charge in [-0.05, 0) is 70.2 Å². The second kappa shape index (κ2) is 5.22. The molecule has 3 nitrogen and oxygen atoms in total. The van der Waals surface area contributed by atoms with Crippen molar-refractivity contribution in [1.29, 1.82) is 0 Å². The highest BCUT2D eigenvalue weighted by atomic mass is 16.3. The van der Waals surface area contributed by atoms with E-state index in [0.29, 0.717) is 6.04 Å². The van der Waals surface area contributed by atoms with Crippen molar-refractivity contribution in [3.63, 3.8) is 0 Å². The van der Waals surface area contributed by atoms with Crippen LogP contribution in [0.2, 0.25) is 0 Å². The number of rotatable bonds is 2. The van der Waals surface area contributed by atoms with E-state index < -0.39 is 5.60 Å². The van der Waals surface area contributed by atoms with E-state index in [0.717, 1.165) is 36.9 Å². The number of aliphatic hydroxyl groups is 1. The van der Waals surface area contributed by atoms with Gasteiger partial charge in [0.15, 0.2) is 0 Å². The first-order valence-corrected chi connectivity index (χ1v) is 7.57. The van der Waals surface area contributed by atoms with Crippen LogP contribution in [-0.2, 0) is 5.60 Å². The Hall–Kier alpha value is -0.930. The third kappa shape index (κ3) is 2.67. The zero-order valence-electron chi connectivity index (χ0n) is 11.8. The summed E-state index contributed by atoms with van der Waals surface area (Å²) in [4.78, 5) is 7.05. The van der Waals surface area contributed by atoms with Crippen molar-refractivity contribution < 1.29 is 5.11 Å². The minimum absolute atomic E-state index is 0.688. The lowest BCUT2D eigenvalue weighted by Gasteiger charge is -2.39. The molecule has 0 amide bonds. The average molecular weight is 260 g/mol. The zero-order valence-corrected chi connectivity index (χ0v) is 11.8. The third-order valence-electron chi connectivity index (χ3n) is 4.83. The van der Waals surface area contributed by atoms with Crippen molar-refractivity contribution >= 4 is 0 Å². The lowest BCUT2D eigenvalue weighted by Crippen LogP contribution is -2.41. The number of aromatic nitrogens is 1. The summed E-state index contributed by atoms with van der Waals surface area (Å²) in [5.74, 6) is 0. The van der Waals surface area contributed by atoms with Crippen LogP contribution >= 0.6 is 0 Å². The van der Waals surface area contributed by atoms with Crippen LogP contribution in [0.4, 0.5) is 0 Å². The van der Waals surface area contributed by atoms with Gasteiger partial charge < -0.3 is 10.0 Å². The number of pyridine rings is 1. The summed E-state index contributed by atoms with van der Waals surface area (Å²) in [6.07, 6.45) is 8.47. The molecule has 0 bridgehead atoms. The Kier molecular flexibility index (Phi) is 3.59. The van der Waals surface area contributed by atoms with E-state index in [-0.39, 0.29) is 0 Å². The Balaban J connectivity index is 1.66. The van der Waals surface area contributed by atoms with Crippen LogP contribution in [0.1, 0.15) is 49.8 Å². The highest BCUT2D eigenvalue weighted by molar-refractivity contribution is 5.18. The van der Waals surface area contributed by atoms with Gasteiger partial charge in [-0.2, -0.15) is 0 Å². The maximum absolute atomic E-state index is 10.8. The number of likely N-dealkylation sites (tertiary alicyclic amines) is 1. The van der Waals surface area contributed by atoms with Crippen LogP contribution in [0.15, 0.2) is 18.3 Å². The normalized spacial score (nSPS) is 32.6. The van der Waals surface area contributed by atoms with Gasteiger partial charge in [0.1, 0.15) is 5.60 Å². The summed E-state index contributed by atoms with van der Waals surface area (Å²) >= 11 is 0. The van der Waals surface area contributed by atoms with Gasteiger partial charge in [0.05, 0.1) is 5.69 Å². The van der Waals surface area contributed by atoms with Crippen LogP contribution in [0.25, 0.3) is 0 Å². The van der Waals surface area contributed by atoms with Gasteiger partial charge in [-0.3, -0.25) is 4.98 Å². The first-order valence-electron chi connectivity index (χ1n) is 7.57. The Morgan fingerprint density at radius 3 is 2.47 bits per heavy atom. The van der Waals surface area contributed by atoms with E-state index >= 15 is 0 Å². The summed E-state index contributed by atoms with van der Waals surface area (Å²) in [5, 5.41) is 10.8. The van der Waals surface area contributed by atoms with Gasteiger partial charge in [0.2, 0.25) is 0 Å². The highest BCUT2D eigenvalue weighted by Gasteiger charge is 2.37. The maximum atomic E-state index is 10.8. The lowest BCUT2D eigenvalue weighted by molar-refractivity contribution is -0.0255. The van der Waals surface area contributed by atoms with Gasteiger partial charge in [0.25, 0.3) is 0 Å². The van der Waals surface area contributed by atoms with Crippen LogP contribution in [-0.4, -0.2) is 34.1 Å². The molecule has 19 heavy (non-hydrogen) atoms. The molecule has 1 aliphatic carbocycles. The molecule has 1 aromatic heterocycles. The van der Waals surface area contributed by atoms with Gasteiger partial charge in [0, 0.05) is 12.2 Å². The van der Waals surface area contributed by atoms with Crippen molar-refractivity contribution in [3.8, 4) is 0 Å². The van der Waals surface area contributed by atoms with Crippen molar-refractivity contribution in [1.82, 2.24) is 9.88 Å². The molecule has 3 rings (SSSR count). The van der Waals surface area contributed by atoms with E-state index in [2.05, 4.69) is 9.88 Å². The first-order chi connectivity index (χ1) is 9.17. The number of hydrogen-bond acceptors (Lipinski definition) is 3. The van der Waals surface area contributed by atoms with Crippen LogP contribution < -0.4 is 0 Å². The molecule has 3 heteroatoms. The van der Waals surface area contributed by atoms with Crippen LogP contribution in [0.3, 0.4) is 0 Å². The summed E-state index contributed by atoms with van der Waals surface area (Å²) in [6.45, 7) is 4.54. The minimum atomic E-state index is -0.691. The Morgan fingerprint density at radius 2 is 1.89 bits per heavy atom. The molecule has 1 saturated carbocycles. The summed E-state index contributed by atoms with van der Waals surface area (Å²) < 4.78 is 0. The van der Waals surface area contributed by atoms with Gasteiger partial charge in [-0.25, -0.2) is 0 Å². The Labute approximate surface area is 115 Å². The van der Waals surface area contributed by atoms with Gasteiger partial charge in [-0.15, -0.1) is 0 Å². The summed E-state index contributed by atoms with van der Waals surface area (Å²) in [5.41, 5.74) is 1.32. The second-order valence-electron chi connectivity index (χ2n) is 6.23. The molecular formula is C16H24N2O. The smallest absolute Gasteiger partial charge is 0.107 e. The molecule has 104 valence electrons. The van der Waals surface area contributed by atoms with E-state index in [4.69, 9.17) is 0 Å². The predicted octanol–water partition coefficient (Wildman–Crippen LogP) is 2.62. The standard InChI is InChI=1S/C16H24N2O/c1-13-4-5-15(17-12-13)16(19)8-6-14(7-9-16)18-10-2-3-11-18/h4-5,12,14,19H,2-3,6-11H2,1H3. The lowest BCUT2D eigenvalue weighted by atomic mass is 9.79. The number of nitrogens with zero attached hydrogens (tertiary/aromatic N) is 2. The molecule has 2 fully saturated rings. The molecule has 0 spiro atoms. The largest absolute Gasteiger partial charge is 0.384 e. The Morgan fingerprint density at radius 1 is 1.21 bits per heavy atom. The molecular weight excluding hydrogens is 236 g/mol. The van der Waals surface area contributed by atoms with Gasteiger partial charge in [-0.1, -0.05) is 6.07 Å². The Bertz CT molecular complexity index is 415. The third-order valence-corrected chi connectivity index (χ3v) is 4.83. The fourth-order valence-corrected chi connectivity index (χ4v) is 3.55. The second-order valence-corrected chi connectivity index (χ2v) is 6.23. The SMILES string of the molecule is Cc1ccc(C2(O)CCC(N3CCCC3)CC2)nc1. The predicted molar refractivity (Wildman–Crippen MR) is 75.9 cm³/mol. The number of hydrogen-bond donors (Lipinski definition) is 1. The number of aryl methyl sites for hydroxylation is 1. The molecule has 1 saturated heterocycles. The first kappa shape index (κ1) is 13.1. The van der Waals surface area contributed by atoms with Crippen molar-refractivity contribution in [2.75, 3.05) is 13.1 Å². The van der Waals surface area contributed by atoms with Crippen molar-refractivity contribution in [2.45, 2.75) is 57.1 Å². The van der Waals surface area contributed by atoms with E-state index in [1.54, 1.807) is 0 Å². The van der Waals surface area contributed by atoms with Crippen LogP contribution in [0.5, 0.6) is 0 Å². The van der Waals surface area contributed by atoms with E-state index in [1.165, 1.54) is 25.9 Å². The molecule has 1 N–H and O–H groups in total. The molecule has 1 aromatic rings. The molecule has 1 aliphatic heterocycles.